The summed E-state index contributed by atoms with van der Waals surface area (Å²) in [6, 6.07) is -0.820. The van der Waals surface area contributed by atoms with E-state index in [4.69, 9.17) is 9.47 Å². The summed E-state index contributed by atoms with van der Waals surface area (Å²) in [5.41, 5.74) is 0. The molecule has 1 amide bonds. The van der Waals surface area contributed by atoms with Crippen LogP contribution in [-0.2, 0) is 14.3 Å². The van der Waals surface area contributed by atoms with Crippen LogP contribution in [-0.4, -0.2) is 87.5 Å². The first-order valence-electron chi connectivity index (χ1n) is 25.2. The minimum atomic E-state index is -1.57. The Kier molecular flexibility index (Phi) is 39.6. The van der Waals surface area contributed by atoms with Crippen LogP contribution in [0.1, 0.15) is 200 Å². The number of carbonyl (C=O) groups is 1. The standard InChI is InChI=1S/C53H93NO8/c1-3-5-7-9-11-13-14-15-16-17-18-19-20-21-22-23-24-25-26-27-28-29-30-31-32-33-34-35-37-39-41-43-49(57)54-46(47(56)42-40-38-36-12-10-8-6-4-2)45-61-53-52(60)51(59)50(58)48(44-55)62-53/h5,7,10-13,15-16,18-19,40,42,46-48,50-53,55-56,58-60H,3-4,6,8-9,14,17,20-39,41,43-45H2,1-2H3,(H,54,57)/b7-5-,12-10+,13-11-,16-15-,19-18-,42-40+. The Balaban J connectivity index is 2.11. The summed E-state index contributed by atoms with van der Waals surface area (Å²) in [6.45, 7) is 3.56. The highest BCUT2D eigenvalue weighted by molar-refractivity contribution is 5.76. The second-order valence-corrected chi connectivity index (χ2v) is 17.2. The van der Waals surface area contributed by atoms with Crippen LogP contribution in [0.2, 0.25) is 0 Å². The Labute approximate surface area is 378 Å². The monoisotopic (exact) mass is 872 g/mol. The molecule has 0 spiro atoms. The lowest BCUT2D eigenvalue weighted by Gasteiger charge is -2.40. The zero-order valence-electron chi connectivity index (χ0n) is 39.4. The van der Waals surface area contributed by atoms with E-state index < -0.39 is 49.5 Å². The molecule has 6 N–H and O–H groups in total. The third kappa shape index (κ3) is 32.3. The minimum Gasteiger partial charge on any atom is -0.394 e. The van der Waals surface area contributed by atoms with Gasteiger partial charge in [-0.25, -0.2) is 0 Å². The van der Waals surface area contributed by atoms with Crippen LogP contribution in [0.15, 0.2) is 72.9 Å². The number of rotatable bonds is 41. The fourth-order valence-electron chi connectivity index (χ4n) is 7.50. The van der Waals surface area contributed by atoms with Gasteiger partial charge in [0.2, 0.25) is 5.91 Å². The molecular formula is C53H93NO8. The molecule has 0 aromatic carbocycles. The third-order valence-corrected chi connectivity index (χ3v) is 11.5. The molecule has 1 fully saturated rings. The van der Waals surface area contributed by atoms with E-state index in [9.17, 15) is 30.3 Å². The van der Waals surface area contributed by atoms with Gasteiger partial charge in [0.25, 0.3) is 0 Å². The molecule has 1 rings (SSSR count). The first kappa shape index (κ1) is 57.6. The highest BCUT2D eigenvalue weighted by atomic mass is 16.7. The zero-order valence-corrected chi connectivity index (χ0v) is 39.4. The van der Waals surface area contributed by atoms with Crippen molar-refractivity contribution in [1.29, 1.82) is 0 Å². The molecule has 62 heavy (non-hydrogen) atoms. The number of carbonyl (C=O) groups excluding carboxylic acids is 1. The number of nitrogens with one attached hydrogen (secondary N) is 1. The SMILES string of the molecule is CC/C=C\C/C=C\C/C=C\C/C=C\CCCCCCCCCCCCCCCCCCCCC(=O)NC(COC1OC(CO)C(O)C(O)C1O)C(O)/C=C/CC/C=C/CCCC. The van der Waals surface area contributed by atoms with Gasteiger partial charge in [0.05, 0.1) is 25.4 Å². The Morgan fingerprint density at radius 1 is 0.565 bits per heavy atom. The van der Waals surface area contributed by atoms with Gasteiger partial charge in [-0.1, -0.05) is 202 Å². The van der Waals surface area contributed by atoms with E-state index >= 15 is 0 Å². The predicted molar refractivity (Wildman–Crippen MR) is 258 cm³/mol. The van der Waals surface area contributed by atoms with Gasteiger partial charge in [0, 0.05) is 6.42 Å². The molecule has 0 aromatic heterocycles. The maximum atomic E-state index is 12.9. The molecule has 0 radical (unpaired) electrons. The van der Waals surface area contributed by atoms with Crippen molar-refractivity contribution in [3.05, 3.63) is 72.9 Å². The summed E-state index contributed by atoms with van der Waals surface area (Å²) in [4.78, 5) is 12.9. The summed E-state index contributed by atoms with van der Waals surface area (Å²) in [5.74, 6) is -0.192. The van der Waals surface area contributed by atoms with Gasteiger partial charge in [-0.3, -0.25) is 4.79 Å². The van der Waals surface area contributed by atoms with Crippen molar-refractivity contribution in [2.24, 2.45) is 0 Å². The fourth-order valence-corrected chi connectivity index (χ4v) is 7.50. The van der Waals surface area contributed by atoms with Gasteiger partial charge in [-0.2, -0.15) is 0 Å². The van der Waals surface area contributed by atoms with Gasteiger partial charge >= 0.3 is 0 Å². The quantitative estimate of drug-likeness (QED) is 0.0263. The van der Waals surface area contributed by atoms with E-state index in [1.54, 1.807) is 6.08 Å². The van der Waals surface area contributed by atoms with Crippen LogP contribution < -0.4 is 5.32 Å². The van der Waals surface area contributed by atoms with Gasteiger partial charge in [-0.15, -0.1) is 0 Å². The highest BCUT2D eigenvalue weighted by Gasteiger charge is 2.44. The van der Waals surface area contributed by atoms with Crippen LogP contribution in [0.4, 0.5) is 0 Å². The molecule has 0 bridgehead atoms. The molecule has 0 saturated carbocycles. The zero-order chi connectivity index (χ0) is 45.1. The minimum absolute atomic E-state index is 0.192. The number of allylic oxidation sites excluding steroid dienone is 11. The van der Waals surface area contributed by atoms with Crippen LogP contribution in [0.25, 0.3) is 0 Å². The van der Waals surface area contributed by atoms with Gasteiger partial charge in [-0.05, 0) is 64.2 Å². The number of aliphatic hydroxyl groups excluding tert-OH is 5. The van der Waals surface area contributed by atoms with Crippen LogP contribution in [0.5, 0.6) is 0 Å². The molecule has 9 heteroatoms. The van der Waals surface area contributed by atoms with Gasteiger partial charge in [0.15, 0.2) is 6.29 Å². The average Bonchev–Trinajstić information content (AvgIpc) is 3.27. The molecule has 1 saturated heterocycles. The van der Waals surface area contributed by atoms with Gasteiger partial charge < -0.3 is 40.3 Å². The highest BCUT2D eigenvalue weighted by Crippen LogP contribution is 2.23. The lowest BCUT2D eigenvalue weighted by molar-refractivity contribution is -0.302. The van der Waals surface area contributed by atoms with Crippen molar-refractivity contribution in [1.82, 2.24) is 5.32 Å². The number of aliphatic hydroxyl groups is 5. The summed E-state index contributed by atoms with van der Waals surface area (Å²) in [5, 5.41) is 54.0. The molecule has 1 heterocycles. The van der Waals surface area contributed by atoms with E-state index in [1.165, 1.54) is 103 Å². The van der Waals surface area contributed by atoms with E-state index in [-0.39, 0.29) is 12.5 Å². The van der Waals surface area contributed by atoms with Crippen molar-refractivity contribution in [2.45, 2.75) is 243 Å². The van der Waals surface area contributed by atoms with Crippen molar-refractivity contribution in [2.75, 3.05) is 13.2 Å². The Morgan fingerprint density at radius 3 is 1.55 bits per heavy atom. The smallest absolute Gasteiger partial charge is 0.220 e. The van der Waals surface area contributed by atoms with Crippen molar-refractivity contribution < 1.29 is 39.8 Å². The first-order valence-corrected chi connectivity index (χ1v) is 25.2. The largest absolute Gasteiger partial charge is 0.394 e. The predicted octanol–water partition coefficient (Wildman–Crippen LogP) is 11.3. The topological polar surface area (TPSA) is 149 Å². The molecule has 358 valence electrons. The van der Waals surface area contributed by atoms with E-state index in [0.717, 1.165) is 77.0 Å². The summed E-state index contributed by atoms with van der Waals surface area (Å²) >= 11 is 0. The molecule has 1 aliphatic rings. The molecule has 7 unspecified atom stereocenters. The number of hydrogen-bond donors (Lipinski definition) is 6. The molecule has 9 nitrogen and oxygen atoms in total. The lowest BCUT2D eigenvalue weighted by Crippen LogP contribution is -2.60. The Hall–Kier alpha value is -2.37. The second-order valence-electron chi connectivity index (χ2n) is 17.2. The van der Waals surface area contributed by atoms with Crippen LogP contribution in [0, 0.1) is 0 Å². The van der Waals surface area contributed by atoms with Crippen molar-refractivity contribution >= 4 is 5.91 Å². The Morgan fingerprint density at radius 2 is 1.02 bits per heavy atom. The molecule has 0 aliphatic carbocycles. The summed E-state index contributed by atoms with van der Waals surface area (Å²) < 4.78 is 11.2. The second kappa shape index (κ2) is 42.6. The van der Waals surface area contributed by atoms with E-state index in [1.807, 2.05) is 6.08 Å². The maximum absolute atomic E-state index is 12.9. The number of unbranched alkanes of at least 4 members (excludes halogenated alkanes) is 21. The average molecular weight is 872 g/mol. The summed E-state index contributed by atoms with van der Waals surface area (Å²) in [6.07, 6.45) is 51.4. The first-order chi connectivity index (χ1) is 30.3. The third-order valence-electron chi connectivity index (χ3n) is 11.5. The van der Waals surface area contributed by atoms with E-state index in [0.29, 0.717) is 6.42 Å². The molecule has 1 aliphatic heterocycles. The number of hydrogen-bond acceptors (Lipinski definition) is 8. The molecular weight excluding hydrogens is 779 g/mol. The van der Waals surface area contributed by atoms with Crippen molar-refractivity contribution in [3.8, 4) is 0 Å². The number of amides is 1. The van der Waals surface area contributed by atoms with Gasteiger partial charge in [0.1, 0.15) is 24.4 Å². The van der Waals surface area contributed by atoms with Crippen molar-refractivity contribution in [3.63, 3.8) is 0 Å². The fraction of sp³-hybridized carbons (Fsp3) is 0.755. The van der Waals surface area contributed by atoms with E-state index in [2.05, 4.69) is 79.9 Å². The maximum Gasteiger partial charge on any atom is 0.220 e. The van der Waals surface area contributed by atoms with Crippen LogP contribution >= 0.6 is 0 Å². The molecule has 0 aromatic rings. The Bertz CT molecular complexity index is 1200. The summed E-state index contributed by atoms with van der Waals surface area (Å²) in [7, 11) is 0. The lowest BCUT2D eigenvalue weighted by atomic mass is 9.99. The van der Waals surface area contributed by atoms with Crippen LogP contribution in [0.3, 0.4) is 0 Å². The molecule has 7 atom stereocenters. The normalized spacial score (nSPS) is 20.9. The number of ether oxygens (including phenoxy) is 2.